The first-order valence-electron chi connectivity index (χ1n) is 11.0. The summed E-state index contributed by atoms with van der Waals surface area (Å²) in [5.41, 5.74) is 2.73. The molecule has 1 aromatic rings. The monoisotopic (exact) mass is 385 g/mol. The number of ether oxygens (including phenoxy) is 1. The highest BCUT2D eigenvalue weighted by atomic mass is 16.5. The minimum Gasteiger partial charge on any atom is -0.493 e. The molecule has 1 aromatic carbocycles. The van der Waals surface area contributed by atoms with Crippen LogP contribution in [0.5, 0.6) is 5.75 Å². The van der Waals surface area contributed by atoms with E-state index in [4.69, 9.17) is 4.74 Å². The van der Waals surface area contributed by atoms with Crippen LogP contribution < -0.4 is 14.5 Å². The van der Waals surface area contributed by atoms with Crippen LogP contribution in [0.15, 0.2) is 18.2 Å². The summed E-state index contributed by atoms with van der Waals surface area (Å²) >= 11 is 0. The van der Waals surface area contributed by atoms with E-state index in [1.807, 2.05) is 0 Å². The van der Waals surface area contributed by atoms with E-state index < -0.39 is 0 Å². The first-order chi connectivity index (χ1) is 13.7. The summed E-state index contributed by atoms with van der Waals surface area (Å²) in [5, 5.41) is 0. The van der Waals surface area contributed by atoms with Crippen LogP contribution in [0.1, 0.15) is 36.8 Å². The number of quaternary nitrogens is 2. The lowest BCUT2D eigenvalue weighted by Gasteiger charge is -2.31. The molecule has 1 saturated carbocycles. The molecule has 150 valence electrons. The molecule has 0 radical (unpaired) electrons. The van der Waals surface area contributed by atoms with Crippen LogP contribution in [-0.2, 0) is 22.6 Å². The van der Waals surface area contributed by atoms with Crippen LogP contribution in [-0.4, -0.2) is 56.2 Å². The van der Waals surface area contributed by atoms with Crippen molar-refractivity contribution in [1.82, 2.24) is 4.90 Å². The lowest BCUT2D eigenvalue weighted by molar-refractivity contribution is -1.02. The normalized spacial score (nSPS) is 32.2. The van der Waals surface area contributed by atoms with E-state index in [0.717, 1.165) is 77.2 Å². The van der Waals surface area contributed by atoms with Gasteiger partial charge in [-0.1, -0.05) is 12.8 Å². The van der Waals surface area contributed by atoms with Crippen LogP contribution in [0.4, 0.5) is 0 Å². The maximum Gasteiger partial charge on any atom is 0.237 e. The number of benzene rings is 1. The summed E-state index contributed by atoms with van der Waals surface area (Å²) in [6.45, 7) is 6.66. The summed E-state index contributed by atoms with van der Waals surface area (Å²) in [4.78, 5) is 30.0. The first kappa shape index (κ1) is 18.1. The Morgan fingerprint density at radius 3 is 2.36 bits per heavy atom. The van der Waals surface area contributed by atoms with Crippen molar-refractivity contribution in [2.75, 3.05) is 39.5 Å². The predicted octanol–water partition coefficient (Wildman–Crippen LogP) is -0.962. The summed E-state index contributed by atoms with van der Waals surface area (Å²) in [6.07, 6.45) is 5.03. The van der Waals surface area contributed by atoms with Crippen molar-refractivity contribution in [3.8, 4) is 5.75 Å². The minimum absolute atomic E-state index is 0.0173. The summed E-state index contributed by atoms with van der Waals surface area (Å²) in [7, 11) is 0. The zero-order valence-electron chi connectivity index (χ0n) is 16.5. The minimum atomic E-state index is -0.0173. The number of hydrogen-bond acceptors (Lipinski definition) is 3. The molecule has 28 heavy (non-hydrogen) atoms. The molecule has 2 saturated heterocycles. The zero-order valence-corrected chi connectivity index (χ0v) is 16.5. The number of hydrogen-bond donors (Lipinski definition) is 2. The average Bonchev–Trinajstić information content (AvgIpc) is 3.28. The fraction of sp³-hybridized carbons (Fsp3) is 0.636. The van der Waals surface area contributed by atoms with Crippen molar-refractivity contribution >= 4 is 11.8 Å². The number of carbonyl (C=O) groups excluding carboxylic acids is 2. The van der Waals surface area contributed by atoms with Crippen LogP contribution in [0.2, 0.25) is 0 Å². The number of nitrogens with one attached hydrogen (secondary N) is 2. The first-order valence-corrected chi connectivity index (χ1v) is 11.0. The maximum absolute atomic E-state index is 12.7. The van der Waals surface area contributed by atoms with E-state index in [0.29, 0.717) is 6.67 Å². The van der Waals surface area contributed by atoms with E-state index >= 15 is 0 Å². The van der Waals surface area contributed by atoms with Gasteiger partial charge in [0.15, 0.2) is 6.67 Å². The van der Waals surface area contributed by atoms with Gasteiger partial charge in [0.05, 0.1) is 18.4 Å². The van der Waals surface area contributed by atoms with Gasteiger partial charge >= 0.3 is 0 Å². The molecule has 3 fully saturated rings. The predicted molar refractivity (Wildman–Crippen MR) is 103 cm³/mol. The van der Waals surface area contributed by atoms with Crippen molar-refractivity contribution < 1.29 is 24.1 Å². The summed E-state index contributed by atoms with van der Waals surface area (Å²) < 4.78 is 5.60. The fourth-order valence-corrected chi connectivity index (χ4v) is 5.54. The van der Waals surface area contributed by atoms with Gasteiger partial charge in [-0.25, -0.2) is 4.90 Å². The lowest BCUT2D eigenvalue weighted by Crippen LogP contribution is -3.28. The van der Waals surface area contributed by atoms with E-state index in [-0.39, 0.29) is 23.7 Å². The Balaban J connectivity index is 1.14. The Labute approximate surface area is 166 Å². The standard InChI is InChI=1S/C22H29N3O3/c26-21-18-3-1-2-4-19(18)22(27)25(21)15-24-10-8-23(9-11-24)14-16-5-6-20-17(13-16)7-12-28-20/h5-6,13,18-19H,1-4,7-12,14-15H2/p+2/t18-,19+. The van der Waals surface area contributed by atoms with Crippen LogP contribution >= 0.6 is 0 Å². The molecular weight excluding hydrogens is 354 g/mol. The second-order valence-corrected chi connectivity index (χ2v) is 8.98. The van der Waals surface area contributed by atoms with Gasteiger partial charge in [0.25, 0.3) is 0 Å². The van der Waals surface area contributed by atoms with E-state index in [1.54, 1.807) is 9.80 Å². The van der Waals surface area contributed by atoms with Gasteiger partial charge in [0, 0.05) is 12.0 Å². The molecule has 3 aliphatic heterocycles. The molecule has 0 unspecified atom stereocenters. The Kier molecular flexibility index (Phi) is 4.85. The molecule has 1 aliphatic carbocycles. The lowest BCUT2D eigenvalue weighted by atomic mass is 9.81. The molecule has 0 bridgehead atoms. The van der Waals surface area contributed by atoms with Gasteiger partial charge < -0.3 is 14.5 Å². The molecule has 0 aromatic heterocycles. The number of piperazine rings is 1. The van der Waals surface area contributed by atoms with Gasteiger partial charge in [0.2, 0.25) is 11.8 Å². The molecule has 6 nitrogen and oxygen atoms in total. The van der Waals surface area contributed by atoms with Crippen molar-refractivity contribution in [3.05, 3.63) is 29.3 Å². The molecule has 5 rings (SSSR count). The molecule has 3 heterocycles. The van der Waals surface area contributed by atoms with Gasteiger partial charge in [-0.2, -0.15) is 0 Å². The third kappa shape index (κ3) is 3.33. The quantitative estimate of drug-likeness (QED) is 0.657. The van der Waals surface area contributed by atoms with E-state index in [9.17, 15) is 9.59 Å². The van der Waals surface area contributed by atoms with Gasteiger partial charge in [0.1, 0.15) is 38.5 Å². The van der Waals surface area contributed by atoms with Gasteiger partial charge in [-0.15, -0.1) is 0 Å². The summed E-state index contributed by atoms with van der Waals surface area (Å²) in [5.74, 6) is 1.23. The largest absolute Gasteiger partial charge is 0.493 e. The third-order valence-electron chi connectivity index (χ3n) is 7.19. The number of rotatable bonds is 4. The Morgan fingerprint density at radius 1 is 0.964 bits per heavy atom. The number of fused-ring (bicyclic) bond motifs is 2. The Bertz CT molecular complexity index is 748. The average molecular weight is 386 g/mol. The fourth-order valence-electron chi connectivity index (χ4n) is 5.54. The Morgan fingerprint density at radius 2 is 1.64 bits per heavy atom. The highest BCUT2D eigenvalue weighted by Crippen LogP contribution is 2.37. The number of nitrogens with zero attached hydrogens (tertiary/aromatic N) is 1. The Hall–Kier alpha value is -1.92. The summed E-state index contributed by atoms with van der Waals surface area (Å²) in [6, 6.07) is 6.61. The number of imide groups is 1. The van der Waals surface area contributed by atoms with Crippen LogP contribution in [0, 0.1) is 11.8 Å². The molecular formula is C22H31N3O3+2. The second-order valence-electron chi connectivity index (χ2n) is 8.98. The smallest absolute Gasteiger partial charge is 0.237 e. The van der Waals surface area contributed by atoms with Crippen LogP contribution in [0.3, 0.4) is 0 Å². The molecule has 2 atom stereocenters. The second kappa shape index (κ2) is 7.48. The van der Waals surface area contributed by atoms with Crippen molar-refractivity contribution in [2.45, 2.75) is 38.6 Å². The van der Waals surface area contributed by atoms with Crippen molar-refractivity contribution in [1.29, 1.82) is 0 Å². The molecule has 2 amide bonds. The molecule has 6 heteroatoms. The molecule has 0 spiro atoms. The zero-order chi connectivity index (χ0) is 19.1. The topological polar surface area (TPSA) is 55.5 Å². The van der Waals surface area contributed by atoms with E-state index in [2.05, 4.69) is 18.2 Å². The van der Waals surface area contributed by atoms with Gasteiger partial charge in [-0.3, -0.25) is 9.59 Å². The number of likely N-dealkylation sites (tertiary alicyclic amines) is 1. The maximum atomic E-state index is 12.7. The highest BCUT2D eigenvalue weighted by Gasteiger charge is 2.49. The van der Waals surface area contributed by atoms with Crippen molar-refractivity contribution in [2.24, 2.45) is 11.8 Å². The molecule has 4 aliphatic rings. The number of carbonyl (C=O) groups is 2. The van der Waals surface area contributed by atoms with E-state index in [1.165, 1.54) is 16.0 Å². The van der Waals surface area contributed by atoms with Crippen LogP contribution in [0.25, 0.3) is 0 Å². The number of amides is 2. The molecule has 2 N–H and O–H groups in total. The third-order valence-corrected chi connectivity index (χ3v) is 7.19. The SMILES string of the molecule is O=C1[C@H]2CCCC[C@H]2C(=O)N1C[NH+]1CC[NH+](Cc2ccc3c(c2)CCO3)CC1. The van der Waals surface area contributed by atoms with Crippen molar-refractivity contribution in [3.63, 3.8) is 0 Å². The highest BCUT2D eigenvalue weighted by molar-refractivity contribution is 6.05. The van der Waals surface area contributed by atoms with Gasteiger partial charge in [-0.05, 0) is 36.6 Å².